The lowest BCUT2D eigenvalue weighted by Gasteiger charge is -2.27. The Morgan fingerprint density at radius 3 is 2.61 bits per heavy atom. The number of fused-ring (bicyclic) bond motifs is 1. The number of halogens is 1. The van der Waals surface area contributed by atoms with Crippen molar-refractivity contribution in [2.75, 3.05) is 12.0 Å². The van der Waals surface area contributed by atoms with Crippen molar-refractivity contribution in [1.82, 2.24) is 10.6 Å². The van der Waals surface area contributed by atoms with E-state index < -0.39 is 6.04 Å². The molecule has 0 aliphatic heterocycles. The molecular weight excluding hydrogens is 392 g/mol. The lowest BCUT2D eigenvalue weighted by atomic mass is 9.88. The van der Waals surface area contributed by atoms with Gasteiger partial charge in [-0.25, -0.2) is 0 Å². The fourth-order valence-electron chi connectivity index (χ4n) is 3.51. The van der Waals surface area contributed by atoms with Crippen LogP contribution in [-0.2, 0) is 17.6 Å². The van der Waals surface area contributed by atoms with E-state index in [0.29, 0.717) is 17.0 Å². The number of carbonyl (C=O) groups is 2. The molecule has 2 aromatic rings. The molecular formula is C22H25ClN2O2S. The zero-order valence-electron chi connectivity index (χ0n) is 15.9. The molecule has 6 heteroatoms. The fourth-order valence-corrected chi connectivity index (χ4v) is 4.20. The van der Waals surface area contributed by atoms with Gasteiger partial charge in [0, 0.05) is 6.04 Å². The van der Waals surface area contributed by atoms with Gasteiger partial charge >= 0.3 is 0 Å². The summed E-state index contributed by atoms with van der Waals surface area (Å²) in [5.41, 5.74) is 3.04. The minimum atomic E-state index is -0.576. The summed E-state index contributed by atoms with van der Waals surface area (Å²) in [6.45, 7) is 0. The number of hydrogen-bond acceptors (Lipinski definition) is 3. The third kappa shape index (κ3) is 5.30. The van der Waals surface area contributed by atoms with E-state index >= 15 is 0 Å². The van der Waals surface area contributed by atoms with Crippen molar-refractivity contribution in [1.29, 1.82) is 0 Å². The molecule has 0 aromatic heterocycles. The van der Waals surface area contributed by atoms with E-state index in [1.54, 1.807) is 36.0 Å². The van der Waals surface area contributed by atoms with Crippen molar-refractivity contribution in [3.05, 3.63) is 70.2 Å². The Hall–Kier alpha value is -1.98. The molecule has 4 nitrogen and oxygen atoms in total. The van der Waals surface area contributed by atoms with E-state index in [4.69, 9.17) is 11.6 Å². The summed E-state index contributed by atoms with van der Waals surface area (Å²) in [4.78, 5) is 25.5. The Morgan fingerprint density at radius 1 is 1.14 bits per heavy atom. The highest BCUT2D eigenvalue weighted by molar-refractivity contribution is 7.98. The van der Waals surface area contributed by atoms with Crippen LogP contribution in [0.15, 0.2) is 48.5 Å². The van der Waals surface area contributed by atoms with Crippen LogP contribution in [-0.4, -0.2) is 35.9 Å². The Balaban J connectivity index is 1.65. The molecule has 2 amide bonds. The second-order valence-corrected chi connectivity index (χ2v) is 8.40. The monoisotopic (exact) mass is 416 g/mol. The molecule has 2 atom stereocenters. The first-order chi connectivity index (χ1) is 13.6. The van der Waals surface area contributed by atoms with Crippen molar-refractivity contribution >= 4 is 35.2 Å². The lowest BCUT2D eigenvalue weighted by Crippen LogP contribution is -2.51. The van der Waals surface area contributed by atoms with Gasteiger partial charge in [0.25, 0.3) is 5.91 Å². The Labute approximate surface area is 175 Å². The number of amides is 2. The van der Waals surface area contributed by atoms with E-state index in [0.717, 1.165) is 25.0 Å². The van der Waals surface area contributed by atoms with E-state index in [2.05, 4.69) is 28.8 Å². The van der Waals surface area contributed by atoms with Crippen LogP contribution in [0.4, 0.5) is 0 Å². The zero-order valence-corrected chi connectivity index (χ0v) is 17.5. The minimum absolute atomic E-state index is 0.0939. The molecule has 0 fully saturated rings. The van der Waals surface area contributed by atoms with Crippen LogP contribution in [0.2, 0.25) is 5.02 Å². The van der Waals surface area contributed by atoms with Gasteiger partial charge < -0.3 is 10.6 Å². The van der Waals surface area contributed by atoms with Gasteiger partial charge in [-0.05, 0) is 61.0 Å². The molecule has 28 heavy (non-hydrogen) atoms. The van der Waals surface area contributed by atoms with Crippen LogP contribution in [0.1, 0.15) is 34.3 Å². The SMILES string of the molecule is CSCCC(NC(=O)c1ccccc1Cl)C(=O)NC1CCc2ccccc2C1. The second-order valence-electron chi connectivity index (χ2n) is 7.00. The Morgan fingerprint density at radius 2 is 1.86 bits per heavy atom. The average Bonchev–Trinajstić information content (AvgIpc) is 2.71. The third-order valence-electron chi connectivity index (χ3n) is 5.04. The molecule has 1 aliphatic carbocycles. The predicted octanol–water partition coefficient (Wildman–Crippen LogP) is 3.87. The minimum Gasteiger partial charge on any atom is -0.351 e. The Bertz CT molecular complexity index is 843. The second kappa shape index (κ2) is 9.99. The highest BCUT2D eigenvalue weighted by Crippen LogP contribution is 2.21. The van der Waals surface area contributed by atoms with Gasteiger partial charge in [0.15, 0.2) is 0 Å². The topological polar surface area (TPSA) is 58.2 Å². The molecule has 148 valence electrons. The highest BCUT2D eigenvalue weighted by Gasteiger charge is 2.26. The molecule has 0 spiro atoms. The van der Waals surface area contributed by atoms with Gasteiger partial charge in [0.1, 0.15) is 6.04 Å². The number of thioether (sulfide) groups is 1. The maximum Gasteiger partial charge on any atom is 0.253 e. The van der Waals surface area contributed by atoms with Crippen LogP contribution >= 0.6 is 23.4 Å². The van der Waals surface area contributed by atoms with Crippen LogP contribution in [0, 0.1) is 0 Å². The molecule has 0 heterocycles. The number of rotatable bonds is 7. The summed E-state index contributed by atoms with van der Waals surface area (Å²) in [5.74, 6) is 0.341. The van der Waals surface area contributed by atoms with Crippen molar-refractivity contribution in [2.24, 2.45) is 0 Å². The first-order valence-corrected chi connectivity index (χ1v) is 11.3. The normalized spacial score (nSPS) is 16.7. The summed E-state index contributed by atoms with van der Waals surface area (Å²) < 4.78 is 0. The van der Waals surface area contributed by atoms with Crippen LogP contribution < -0.4 is 10.6 Å². The van der Waals surface area contributed by atoms with Crippen molar-refractivity contribution < 1.29 is 9.59 Å². The summed E-state index contributed by atoms with van der Waals surface area (Å²) in [6, 6.07) is 14.8. The van der Waals surface area contributed by atoms with Gasteiger partial charge in [0.2, 0.25) is 5.91 Å². The third-order valence-corrected chi connectivity index (χ3v) is 6.02. The quantitative estimate of drug-likeness (QED) is 0.720. The smallest absolute Gasteiger partial charge is 0.253 e. The van der Waals surface area contributed by atoms with E-state index in [9.17, 15) is 9.59 Å². The summed E-state index contributed by atoms with van der Waals surface area (Å²) >= 11 is 7.78. The largest absolute Gasteiger partial charge is 0.351 e. The van der Waals surface area contributed by atoms with Crippen LogP contribution in [0.25, 0.3) is 0 Å². The molecule has 2 aromatic carbocycles. The molecule has 0 radical (unpaired) electrons. The maximum atomic E-state index is 12.9. The van der Waals surface area contributed by atoms with Crippen molar-refractivity contribution in [3.63, 3.8) is 0 Å². The first-order valence-electron chi connectivity index (χ1n) is 9.50. The van der Waals surface area contributed by atoms with Gasteiger partial charge in [-0.15, -0.1) is 0 Å². The number of benzene rings is 2. The van der Waals surface area contributed by atoms with Crippen LogP contribution in [0.5, 0.6) is 0 Å². The van der Waals surface area contributed by atoms with Gasteiger partial charge in [-0.3, -0.25) is 9.59 Å². The summed E-state index contributed by atoms with van der Waals surface area (Å²) in [5, 5.41) is 6.40. The summed E-state index contributed by atoms with van der Waals surface area (Å²) in [7, 11) is 0. The average molecular weight is 417 g/mol. The van der Waals surface area contributed by atoms with E-state index in [-0.39, 0.29) is 17.9 Å². The van der Waals surface area contributed by atoms with Crippen LogP contribution in [0.3, 0.4) is 0 Å². The fraction of sp³-hybridized carbons (Fsp3) is 0.364. The summed E-state index contributed by atoms with van der Waals surface area (Å²) in [6.07, 6.45) is 5.27. The van der Waals surface area contributed by atoms with E-state index in [1.807, 2.05) is 12.3 Å². The van der Waals surface area contributed by atoms with Gasteiger partial charge in [-0.2, -0.15) is 11.8 Å². The molecule has 0 saturated heterocycles. The van der Waals surface area contributed by atoms with Gasteiger partial charge in [0.05, 0.1) is 10.6 Å². The number of hydrogen-bond donors (Lipinski definition) is 2. The lowest BCUT2D eigenvalue weighted by molar-refractivity contribution is -0.123. The molecule has 0 saturated carbocycles. The van der Waals surface area contributed by atoms with Crippen molar-refractivity contribution in [2.45, 2.75) is 37.8 Å². The molecule has 3 rings (SSSR count). The number of nitrogens with one attached hydrogen (secondary N) is 2. The molecule has 0 bridgehead atoms. The highest BCUT2D eigenvalue weighted by atomic mass is 35.5. The molecule has 2 unspecified atom stereocenters. The number of carbonyl (C=O) groups excluding carboxylic acids is 2. The van der Waals surface area contributed by atoms with Gasteiger partial charge in [-0.1, -0.05) is 48.0 Å². The number of aryl methyl sites for hydroxylation is 1. The standard InChI is InChI=1S/C22H25ClN2O2S/c1-28-13-12-20(25-21(26)18-8-4-5-9-19(18)23)22(27)24-17-11-10-15-6-2-3-7-16(15)14-17/h2-9,17,20H,10-14H2,1H3,(H,24,27)(H,25,26). The maximum absolute atomic E-state index is 12.9. The van der Waals surface area contributed by atoms with Crippen molar-refractivity contribution in [3.8, 4) is 0 Å². The Kier molecular flexibility index (Phi) is 7.40. The van der Waals surface area contributed by atoms with E-state index in [1.165, 1.54) is 11.1 Å². The predicted molar refractivity (Wildman–Crippen MR) is 116 cm³/mol. The molecule has 1 aliphatic rings. The molecule has 2 N–H and O–H groups in total. The first kappa shape index (κ1) is 20.7. The zero-order chi connectivity index (χ0) is 19.9.